The van der Waals surface area contributed by atoms with Gasteiger partial charge in [0.1, 0.15) is 0 Å². The van der Waals surface area contributed by atoms with Gasteiger partial charge in [0.25, 0.3) is 0 Å². The molecule has 4 aromatic carbocycles. The number of nitrogens with one attached hydrogen (secondary N) is 1. The van der Waals surface area contributed by atoms with Crippen molar-refractivity contribution in [3.8, 4) is 0 Å². The lowest BCUT2D eigenvalue weighted by Gasteiger charge is -2.21. The van der Waals surface area contributed by atoms with Crippen LogP contribution in [0.1, 0.15) is 13.3 Å². The molecule has 29 heavy (non-hydrogen) atoms. The van der Waals surface area contributed by atoms with Gasteiger partial charge in [-0.2, -0.15) is 0 Å². The van der Waals surface area contributed by atoms with Crippen molar-refractivity contribution < 1.29 is 12.8 Å². The first-order valence-electron chi connectivity index (χ1n) is 10.1. The van der Waals surface area contributed by atoms with E-state index >= 15 is 0 Å². The molecular weight excluding hydrogens is 398 g/mol. The van der Waals surface area contributed by atoms with Crippen LogP contribution in [-0.2, 0) is 14.4 Å². The zero-order chi connectivity index (χ0) is 20.6. The lowest BCUT2D eigenvalue weighted by Crippen LogP contribution is -2.32. The molecule has 152 valence electrons. The van der Waals surface area contributed by atoms with Gasteiger partial charge in [0.2, 0.25) is 10.0 Å². The zero-order valence-corrected chi connectivity index (χ0v) is 19.0. The van der Waals surface area contributed by atoms with Crippen LogP contribution in [0.4, 0.5) is 0 Å². The van der Waals surface area contributed by atoms with Gasteiger partial charge in [-0.25, -0.2) is 13.1 Å². The van der Waals surface area contributed by atoms with E-state index in [4.69, 9.17) is 4.43 Å². The quantitative estimate of drug-likeness (QED) is 0.231. The number of benzene rings is 4. The Balaban J connectivity index is 1.66. The lowest BCUT2D eigenvalue weighted by atomic mass is 9.94. The highest BCUT2D eigenvalue weighted by Crippen LogP contribution is 2.37. The maximum absolute atomic E-state index is 13.1. The van der Waals surface area contributed by atoms with Gasteiger partial charge in [0, 0.05) is 18.5 Å². The van der Waals surface area contributed by atoms with Crippen molar-refractivity contribution in [3.05, 3.63) is 54.6 Å². The fourth-order valence-corrected chi connectivity index (χ4v) is 7.43. The fraction of sp³-hybridized carbons (Fsp3) is 0.304. The first kappa shape index (κ1) is 20.3. The summed E-state index contributed by atoms with van der Waals surface area (Å²) in [6, 6.07) is 18.9. The van der Waals surface area contributed by atoms with Gasteiger partial charge in [-0.3, -0.25) is 0 Å². The highest BCUT2D eigenvalue weighted by molar-refractivity contribution is 7.89. The summed E-state index contributed by atoms with van der Waals surface area (Å²) in [6.07, 6.45) is 0.782. The van der Waals surface area contributed by atoms with E-state index in [1.807, 2.05) is 31.2 Å². The van der Waals surface area contributed by atoms with Crippen molar-refractivity contribution in [3.63, 3.8) is 0 Å². The summed E-state index contributed by atoms with van der Waals surface area (Å²) >= 11 is 0. The van der Waals surface area contributed by atoms with E-state index in [9.17, 15) is 8.42 Å². The summed E-state index contributed by atoms with van der Waals surface area (Å²) < 4.78 is 34.8. The molecule has 4 nitrogen and oxygen atoms in total. The van der Waals surface area contributed by atoms with Crippen molar-refractivity contribution in [1.29, 1.82) is 0 Å². The van der Waals surface area contributed by atoms with E-state index in [1.165, 1.54) is 0 Å². The maximum Gasteiger partial charge on any atom is 0.241 e. The van der Waals surface area contributed by atoms with Crippen LogP contribution in [0.2, 0.25) is 19.1 Å². The molecule has 0 fully saturated rings. The van der Waals surface area contributed by atoms with Crippen LogP contribution in [-0.4, -0.2) is 29.9 Å². The number of sulfonamides is 1. The largest absolute Gasteiger partial charge is 0.418 e. The fourth-order valence-electron chi connectivity index (χ4n) is 4.20. The van der Waals surface area contributed by atoms with Crippen molar-refractivity contribution in [2.75, 3.05) is 13.2 Å². The normalized spacial score (nSPS) is 13.1. The maximum atomic E-state index is 13.1. The van der Waals surface area contributed by atoms with Crippen LogP contribution in [0.25, 0.3) is 32.3 Å². The summed E-state index contributed by atoms with van der Waals surface area (Å²) in [4.78, 5) is 0.351. The molecule has 0 bridgehead atoms. The molecule has 6 heteroatoms. The Kier molecular flexibility index (Phi) is 5.37. The molecule has 0 heterocycles. The molecule has 0 aliphatic rings. The topological polar surface area (TPSA) is 55.4 Å². The molecule has 0 aliphatic carbocycles. The smallest absolute Gasteiger partial charge is 0.241 e. The van der Waals surface area contributed by atoms with Crippen LogP contribution < -0.4 is 4.72 Å². The Morgan fingerprint density at radius 3 is 2.21 bits per heavy atom. The Morgan fingerprint density at radius 2 is 1.52 bits per heavy atom. The standard InChI is InChI=1S/C23H27NO3SSi/c1-4-27-29(2,3)16-6-15-24-28(25,26)21-14-12-19-10-9-17-7-5-8-18-11-13-20(21)23(19)22(17)18/h5,7-14,24H,4,6,15-16H2,1-3H3. The van der Waals surface area contributed by atoms with Crippen LogP contribution in [0, 0.1) is 0 Å². The van der Waals surface area contributed by atoms with Crippen LogP contribution in [0.5, 0.6) is 0 Å². The van der Waals surface area contributed by atoms with Gasteiger partial charge in [0.15, 0.2) is 8.32 Å². The molecule has 0 saturated heterocycles. The first-order valence-corrected chi connectivity index (χ1v) is 14.7. The summed E-state index contributed by atoms with van der Waals surface area (Å²) in [5.74, 6) is 0. The van der Waals surface area contributed by atoms with Gasteiger partial charge in [-0.05, 0) is 65.5 Å². The van der Waals surface area contributed by atoms with E-state index in [0.29, 0.717) is 18.0 Å². The van der Waals surface area contributed by atoms with E-state index in [1.54, 1.807) is 6.07 Å². The highest BCUT2D eigenvalue weighted by Gasteiger charge is 2.23. The van der Waals surface area contributed by atoms with E-state index in [2.05, 4.69) is 42.1 Å². The predicted molar refractivity (Wildman–Crippen MR) is 124 cm³/mol. The molecule has 0 saturated carbocycles. The lowest BCUT2D eigenvalue weighted by molar-refractivity contribution is 0.328. The second-order valence-electron chi connectivity index (χ2n) is 8.11. The van der Waals surface area contributed by atoms with E-state index < -0.39 is 18.3 Å². The Hall–Kier alpha value is -1.99. The molecule has 0 radical (unpaired) electrons. The van der Waals surface area contributed by atoms with Crippen LogP contribution in [0.3, 0.4) is 0 Å². The molecular formula is C23H27NO3SSi. The minimum atomic E-state index is -3.59. The van der Waals surface area contributed by atoms with Gasteiger partial charge in [0.05, 0.1) is 4.90 Å². The molecule has 0 aromatic heterocycles. The monoisotopic (exact) mass is 425 g/mol. The molecule has 0 amide bonds. The van der Waals surface area contributed by atoms with Crippen molar-refractivity contribution >= 4 is 50.7 Å². The van der Waals surface area contributed by atoms with E-state index in [-0.39, 0.29) is 0 Å². The van der Waals surface area contributed by atoms with Gasteiger partial charge in [-0.15, -0.1) is 0 Å². The Morgan fingerprint density at radius 1 is 0.897 bits per heavy atom. The minimum absolute atomic E-state index is 0.351. The number of hydrogen-bond donors (Lipinski definition) is 1. The van der Waals surface area contributed by atoms with Crippen LogP contribution >= 0.6 is 0 Å². The molecule has 1 N–H and O–H groups in total. The average molecular weight is 426 g/mol. The molecule has 4 aromatic rings. The van der Waals surface area contributed by atoms with Gasteiger partial charge in [-0.1, -0.05) is 48.5 Å². The Bertz CT molecular complexity index is 1250. The third kappa shape index (κ3) is 3.90. The van der Waals surface area contributed by atoms with Crippen molar-refractivity contribution in [2.24, 2.45) is 0 Å². The van der Waals surface area contributed by atoms with Crippen LogP contribution in [0.15, 0.2) is 59.5 Å². The molecule has 0 aliphatic heterocycles. The SMILES string of the molecule is CCO[Si](C)(C)CCCNS(=O)(=O)c1ccc2ccc3cccc4ccc1c2c34. The third-order valence-electron chi connectivity index (χ3n) is 5.56. The molecule has 0 spiro atoms. The predicted octanol–water partition coefficient (Wildman–Crippen LogP) is 5.49. The first-order chi connectivity index (χ1) is 13.8. The highest BCUT2D eigenvalue weighted by atomic mass is 32.2. The molecule has 0 unspecified atom stereocenters. The van der Waals surface area contributed by atoms with Crippen molar-refractivity contribution in [2.45, 2.75) is 37.4 Å². The number of rotatable bonds is 8. The summed E-state index contributed by atoms with van der Waals surface area (Å²) in [7, 11) is -5.29. The number of hydrogen-bond acceptors (Lipinski definition) is 3. The average Bonchev–Trinajstić information content (AvgIpc) is 2.69. The van der Waals surface area contributed by atoms with Gasteiger partial charge < -0.3 is 4.43 Å². The summed E-state index contributed by atoms with van der Waals surface area (Å²) in [5, 5.41) is 6.26. The molecule has 0 atom stereocenters. The van der Waals surface area contributed by atoms with Gasteiger partial charge >= 0.3 is 0 Å². The minimum Gasteiger partial charge on any atom is -0.418 e. The van der Waals surface area contributed by atoms with Crippen molar-refractivity contribution in [1.82, 2.24) is 4.72 Å². The van der Waals surface area contributed by atoms with E-state index in [0.717, 1.165) is 44.8 Å². The zero-order valence-electron chi connectivity index (χ0n) is 17.2. The third-order valence-corrected chi connectivity index (χ3v) is 9.71. The Labute approximate surface area is 173 Å². The summed E-state index contributed by atoms with van der Waals surface area (Å²) in [5.41, 5.74) is 0. The second-order valence-corrected chi connectivity index (χ2v) is 14.2. The summed E-state index contributed by atoms with van der Waals surface area (Å²) in [6.45, 7) is 7.49. The second kappa shape index (κ2) is 7.68. The molecule has 4 rings (SSSR count).